The van der Waals surface area contributed by atoms with Crippen LogP contribution in [0.15, 0.2) is 31.1 Å². The van der Waals surface area contributed by atoms with Crippen molar-refractivity contribution in [2.45, 2.75) is 83.8 Å². The molecule has 3 aliphatic heterocycles. The Balaban J connectivity index is 1.17. The van der Waals surface area contributed by atoms with Gasteiger partial charge in [0, 0.05) is 17.8 Å². The molecule has 0 bridgehead atoms. The van der Waals surface area contributed by atoms with E-state index in [1.807, 2.05) is 6.92 Å². The van der Waals surface area contributed by atoms with E-state index in [1.165, 1.54) is 30.9 Å². The van der Waals surface area contributed by atoms with Gasteiger partial charge in [0.1, 0.15) is 43.4 Å². The van der Waals surface area contributed by atoms with Crippen LogP contribution in [0.2, 0.25) is 0 Å². The number of rotatable bonds is 22. The molecule has 0 aliphatic carbocycles. The second-order valence-electron chi connectivity index (χ2n) is 15.2. The first-order valence-corrected chi connectivity index (χ1v) is 24.1. The summed E-state index contributed by atoms with van der Waals surface area (Å²) < 4.78 is 93.5. The van der Waals surface area contributed by atoms with Crippen LogP contribution in [0.25, 0.3) is 0 Å². The maximum Gasteiger partial charge on any atom is 0.472 e. The SMILES string of the molecule is C/C=C/COP(=O)(O)OC[C@H]1O[C@@H](n2cnc(C(N)=O)n2)C(C)[C@H]1OP(=O)(O)OC[C@H]1O[C@@H](n2cnc(C(N)=O)n2)C(C)[C@H]1OP(=O)(O)OC[C@H]1O[C@@H](n2cnc(C(N)=O)n2)C(C)[C@H]1C. The molecule has 0 aromatic carbocycles. The van der Waals surface area contributed by atoms with Crippen LogP contribution in [0.1, 0.15) is 85.2 Å². The number of nitrogens with two attached hydrogens (primary N) is 3. The molecule has 65 heavy (non-hydrogen) atoms. The minimum absolute atomic E-state index is 0.233. The number of aromatic nitrogens is 9. The van der Waals surface area contributed by atoms with E-state index in [2.05, 4.69) is 30.2 Å². The molecule has 30 nitrogen and oxygen atoms in total. The van der Waals surface area contributed by atoms with E-state index < -0.39 is 122 Å². The minimum Gasteiger partial charge on any atom is -0.363 e. The molecule has 6 unspecified atom stereocenters. The molecule has 0 spiro atoms. The van der Waals surface area contributed by atoms with Gasteiger partial charge < -0.3 is 46.1 Å². The molecule has 6 rings (SSSR count). The Morgan fingerprint density at radius 2 is 0.954 bits per heavy atom. The summed E-state index contributed by atoms with van der Waals surface area (Å²) in [6.45, 7) is 5.98. The first-order chi connectivity index (χ1) is 30.5. The molecule has 6 heterocycles. The Kier molecular flexibility index (Phi) is 15.7. The fourth-order valence-corrected chi connectivity index (χ4v) is 9.91. The zero-order valence-corrected chi connectivity index (χ0v) is 37.9. The number of carbonyl (C=O) groups is 3. The highest BCUT2D eigenvalue weighted by molar-refractivity contribution is 7.48. The Morgan fingerprint density at radius 3 is 1.32 bits per heavy atom. The van der Waals surface area contributed by atoms with Crippen molar-refractivity contribution in [3.05, 3.63) is 48.6 Å². The summed E-state index contributed by atoms with van der Waals surface area (Å²) in [5.74, 6) is -6.18. The number of phosphoric ester groups is 3. The molecule has 33 heteroatoms. The topological polar surface area (TPSA) is 416 Å². The fraction of sp³-hybridized carbons (Fsp3) is 0.656. The van der Waals surface area contributed by atoms with Crippen LogP contribution < -0.4 is 17.2 Å². The molecule has 3 amide bonds. The molecule has 15 atom stereocenters. The number of amides is 3. The lowest BCUT2D eigenvalue weighted by molar-refractivity contribution is -0.0626. The number of carbonyl (C=O) groups excluding carboxylic acids is 3. The summed E-state index contributed by atoms with van der Waals surface area (Å²) in [7, 11) is -15.0. The van der Waals surface area contributed by atoms with Gasteiger partial charge in [0.15, 0.2) is 18.7 Å². The van der Waals surface area contributed by atoms with E-state index in [1.54, 1.807) is 19.9 Å². The lowest BCUT2D eigenvalue weighted by Crippen LogP contribution is -2.34. The molecule has 0 saturated carbocycles. The minimum atomic E-state index is -5.23. The molecular weight excluding hydrogens is 933 g/mol. The van der Waals surface area contributed by atoms with Crippen LogP contribution in [-0.2, 0) is 55.0 Å². The second kappa shape index (κ2) is 20.3. The van der Waals surface area contributed by atoms with Gasteiger partial charge in [-0.1, -0.05) is 39.8 Å². The van der Waals surface area contributed by atoms with Crippen molar-refractivity contribution in [3.8, 4) is 0 Å². The van der Waals surface area contributed by atoms with Crippen molar-refractivity contribution in [1.29, 1.82) is 0 Å². The summed E-state index contributed by atoms with van der Waals surface area (Å²) in [4.78, 5) is 78.9. The number of nitrogens with zero attached hydrogens (tertiary/aromatic N) is 9. The van der Waals surface area contributed by atoms with E-state index in [-0.39, 0.29) is 35.9 Å². The smallest absolute Gasteiger partial charge is 0.363 e. The van der Waals surface area contributed by atoms with Gasteiger partial charge in [-0.3, -0.25) is 41.5 Å². The Morgan fingerprint density at radius 1 is 0.600 bits per heavy atom. The van der Waals surface area contributed by atoms with Crippen LogP contribution in [0.3, 0.4) is 0 Å². The lowest BCUT2D eigenvalue weighted by Gasteiger charge is -2.26. The van der Waals surface area contributed by atoms with Crippen molar-refractivity contribution in [2.75, 3.05) is 26.4 Å². The molecule has 3 saturated heterocycles. The van der Waals surface area contributed by atoms with Gasteiger partial charge in [-0.25, -0.2) is 42.7 Å². The van der Waals surface area contributed by atoms with Crippen LogP contribution in [0, 0.1) is 23.7 Å². The van der Waals surface area contributed by atoms with Gasteiger partial charge in [0.05, 0.1) is 32.5 Å². The standard InChI is InChI=1S/C32H49N12O18P3/c1-6-7-8-54-63(48,49)55-10-20-22(17(4)31(59-20)43-13-37-28(40-43)25(34)46)62-65(52,53)57-11-21-23(18(5)32(60-21)44-14-38-29(41-44)26(35)47)61-64(50,51)56-9-19-15(2)16(3)30(58-19)42-12-36-27(39-42)24(33)45/h6-7,12-23,30-32H,8-11H2,1-5H3,(H2,33,45)(H2,34,46)(H2,35,47)(H,48,49)(H,50,51)(H,52,53)/b7-6+/t15-,16?,17?,18?,19-,20-,21-,22-,23-,30-,31-,32-/m1/s1. The Bertz CT molecular complexity index is 2360. The number of allylic oxidation sites excluding steroid dienone is 1. The monoisotopic (exact) mass is 982 g/mol. The molecule has 360 valence electrons. The van der Waals surface area contributed by atoms with E-state index in [0.717, 1.165) is 22.0 Å². The summed E-state index contributed by atoms with van der Waals surface area (Å²) in [6, 6.07) is 0. The fourth-order valence-electron chi connectivity index (χ4n) is 7.16. The van der Waals surface area contributed by atoms with Crippen molar-refractivity contribution < 1.29 is 84.1 Å². The van der Waals surface area contributed by atoms with Gasteiger partial charge in [-0.15, -0.1) is 15.3 Å². The quantitative estimate of drug-likeness (QED) is 0.0574. The molecule has 3 aliphatic rings. The number of phosphoric acid groups is 3. The first-order valence-electron chi connectivity index (χ1n) is 19.6. The van der Waals surface area contributed by atoms with Crippen LogP contribution in [0.5, 0.6) is 0 Å². The van der Waals surface area contributed by atoms with Crippen LogP contribution >= 0.6 is 23.5 Å². The van der Waals surface area contributed by atoms with E-state index in [4.69, 9.17) is 58.6 Å². The van der Waals surface area contributed by atoms with E-state index in [9.17, 15) is 42.8 Å². The maximum atomic E-state index is 13.7. The molecule has 0 radical (unpaired) electrons. The largest absolute Gasteiger partial charge is 0.472 e. The molecule has 3 fully saturated rings. The molecule has 3 aromatic rings. The lowest BCUT2D eigenvalue weighted by atomic mass is 9.93. The highest BCUT2D eigenvalue weighted by atomic mass is 31.2. The summed E-state index contributed by atoms with van der Waals surface area (Å²) in [6.07, 6.45) is -3.15. The zero-order chi connectivity index (χ0) is 47.6. The van der Waals surface area contributed by atoms with E-state index in [0.29, 0.717) is 0 Å². The maximum absolute atomic E-state index is 13.7. The summed E-state index contributed by atoms with van der Waals surface area (Å²) in [5, 5.41) is 12.0. The Hall–Kier alpha value is -4.22. The highest BCUT2D eigenvalue weighted by Crippen LogP contribution is 2.54. The van der Waals surface area contributed by atoms with Gasteiger partial charge in [-0.05, 0) is 12.8 Å². The number of hydrogen-bond acceptors (Lipinski definition) is 21. The second-order valence-corrected chi connectivity index (χ2v) is 19.4. The van der Waals surface area contributed by atoms with Gasteiger partial charge >= 0.3 is 23.5 Å². The predicted octanol–water partition coefficient (Wildman–Crippen LogP) is 0.109. The molecular formula is C32H49N12O18P3. The highest BCUT2D eigenvalue weighted by Gasteiger charge is 2.52. The van der Waals surface area contributed by atoms with Crippen LogP contribution in [0.4, 0.5) is 0 Å². The van der Waals surface area contributed by atoms with Gasteiger partial charge in [0.25, 0.3) is 17.7 Å². The van der Waals surface area contributed by atoms with Crippen molar-refractivity contribution >= 4 is 41.2 Å². The van der Waals surface area contributed by atoms with Gasteiger partial charge in [-0.2, -0.15) is 0 Å². The molecule has 9 N–H and O–H groups in total. The van der Waals surface area contributed by atoms with Crippen molar-refractivity contribution in [3.63, 3.8) is 0 Å². The van der Waals surface area contributed by atoms with E-state index >= 15 is 0 Å². The number of hydrogen-bond donors (Lipinski definition) is 6. The predicted molar refractivity (Wildman–Crippen MR) is 212 cm³/mol. The average Bonchev–Trinajstić information content (AvgIpc) is 4.10. The third-order valence-electron chi connectivity index (χ3n) is 10.7. The number of ether oxygens (including phenoxy) is 3. The third kappa shape index (κ3) is 12.0. The average molecular weight is 983 g/mol. The van der Waals surface area contributed by atoms with Crippen molar-refractivity contribution in [2.24, 2.45) is 40.9 Å². The van der Waals surface area contributed by atoms with Crippen molar-refractivity contribution in [1.82, 2.24) is 44.3 Å². The summed E-state index contributed by atoms with van der Waals surface area (Å²) >= 11 is 0. The first kappa shape index (κ1) is 50.2. The number of primary amides is 3. The zero-order valence-electron chi connectivity index (χ0n) is 35.2. The summed E-state index contributed by atoms with van der Waals surface area (Å²) in [5.41, 5.74) is 15.9. The Labute approximate surface area is 368 Å². The third-order valence-corrected chi connectivity index (χ3v) is 13.7. The van der Waals surface area contributed by atoms with Crippen LogP contribution in [-0.4, -0.2) is 134 Å². The molecule has 3 aromatic heterocycles. The normalized spacial score (nSPS) is 32.1. The van der Waals surface area contributed by atoms with Gasteiger partial charge in [0.2, 0.25) is 17.5 Å².